The molecule has 5 nitrogen and oxygen atoms in total. The predicted molar refractivity (Wildman–Crippen MR) is 94.3 cm³/mol. The molecule has 0 amide bonds. The number of rotatable bonds is 4. The third-order valence-electron chi connectivity index (χ3n) is 4.80. The molecule has 25 heavy (non-hydrogen) atoms. The van der Waals surface area contributed by atoms with Crippen molar-refractivity contribution in [1.29, 1.82) is 0 Å². The Hall–Kier alpha value is -2.21. The van der Waals surface area contributed by atoms with Gasteiger partial charge in [-0.2, -0.15) is 0 Å². The minimum absolute atomic E-state index is 0.310. The van der Waals surface area contributed by atoms with Crippen molar-refractivity contribution in [1.82, 2.24) is 0 Å². The van der Waals surface area contributed by atoms with Crippen LogP contribution in [0.5, 0.6) is 0 Å². The number of piperidine rings is 1. The molecule has 3 rings (SSSR count). The molecule has 0 aromatic heterocycles. The van der Waals surface area contributed by atoms with Crippen molar-refractivity contribution in [2.45, 2.75) is 24.5 Å². The van der Waals surface area contributed by atoms with Crippen LogP contribution in [0.15, 0.2) is 60.7 Å². The summed E-state index contributed by atoms with van der Waals surface area (Å²) in [5.41, 5.74) is -0.937. The first-order chi connectivity index (χ1) is 11.9. The highest BCUT2D eigenvalue weighted by atomic mass is 16.6. The maximum Gasteiger partial charge on any atom is 0.347 e. The Kier molecular flexibility index (Phi) is 4.90. The van der Waals surface area contributed by atoms with Gasteiger partial charge in [-0.05, 0) is 11.1 Å². The summed E-state index contributed by atoms with van der Waals surface area (Å²) >= 11 is 0. The van der Waals surface area contributed by atoms with Crippen molar-refractivity contribution < 1.29 is 19.3 Å². The molecule has 0 radical (unpaired) electrons. The first kappa shape index (κ1) is 17.6. The Morgan fingerprint density at radius 3 is 1.92 bits per heavy atom. The zero-order valence-corrected chi connectivity index (χ0v) is 14.3. The summed E-state index contributed by atoms with van der Waals surface area (Å²) < 4.78 is 5.31. The minimum Gasteiger partial charge on any atom is -0.633 e. The molecule has 1 fully saturated rings. The molecule has 0 unspecified atom stereocenters. The normalized spacial score (nSPS) is 23.9. The van der Waals surface area contributed by atoms with Crippen LogP contribution in [0.3, 0.4) is 0 Å². The number of carbonyl (C=O) groups is 1. The number of esters is 1. The number of likely N-dealkylation sites (tertiary alicyclic amines) is 1. The molecule has 2 aromatic rings. The van der Waals surface area contributed by atoms with E-state index in [-0.39, 0.29) is 10.8 Å². The fourth-order valence-corrected chi connectivity index (χ4v) is 3.21. The average Bonchev–Trinajstić information content (AvgIpc) is 2.64. The molecule has 1 heterocycles. The standard InChI is InChI=1S/C20H23NO4/c1-21(24)14-12-18(13-15-21)25-19(22)20(23,16-8-4-2-5-9-16)17-10-6-3-7-11-17/h2-11,18,23H,12-15H2,1H3. The molecule has 1 aliphatic heterocycles. The third kappa shape index (κ3) is 3.74. The number of ether oxygens (including phenoxy) is 1. The highest BCUT2D eigenvalue weighted by Gasteiger charge is 2.43. The maximum atomic E-state index is 12.9. The number of nitrogens with zero attached hydrogens (tertiary/aromatic N) is 1. The van der Waals surface area contributed by atoms with E-state index in [2.05, 4.69) is 0 Å². The number of quaternary nitrogens is 1. The monoisotopic (exact) mass is 341 g/mol. The number of benzene rings is 2. The van der Waals surface area contributed by atoms with Crippen molar-refractivity contribution >= 4 is 5.97 Å². The molecule has 0 saturated carbocycles. The number of hydrogen-bond donors (Lipinski definition) is 1. The smallest absolute Gasteiger partial charge is 0.347 e. The second-order valence-corrected chi connectivity index (χ2v) is 6.79. The molecular formula is C20H23NO4. The van der Waals surface area contributed by atoms with Gasteiger partial charge in [0.2, 0.25) is 5.60 Å². The van der Waals surface area contributed by atoms with Crippen LogP contribution in [0.25, 0.3) is 0 Å². The first-order valence-electron chi connectivity index (χ1n) is 8.52. The van der Waals surface area contributed by atoms with Crippen LogP contribution in [0.2, 0.25) is 0 Å². The van der Waals surface area contributed by atoms with Gasteiger partial charge in [-0.3, -0.25) is 0 Å². The van der Waals surface area contributed by atoms with Crippen molar-refractivity contribution in [3.63, 3.8) is 0 Å². The SMILES string of the molecule is C[N+]1([O-])CCC(OC(=O)C(O)(c2ccccc2)c2ccccc2)CC1. The highest BCUT2D eigenvalue weighted by Crippen LogP contribution is 2.32. The summed E-state index contributed by atoms with van der Waals surface area (Å²) in [6.45, 7) is 0.820. The fraction of sp³-hybridized carbons (Fsp3) is 0.350. The van der Waals surface area contributed by atoms with Gasteiger partial charge >= 0.3 is 5.97 Å². The molecule has 5 heteroatoms. The zero-order valence-electron chi connectivity index (χ0n) is 14.3. The van der Waals surface area contributed by atoms with Gasteiger partial charge in [0.1, 0.15) is 6.10 Å². The van der Waals surface area contributed by atoms with Crippen LogP contribution in [-0.4, -0.2) is 42.0 Å². The van der Waals surface area contributed by atoms with E-state index in [4.69, 9.17) is 4.74 Å². The van der Waals surface area contributed by atoms with Crippen molar-refractivity contribution in [2.24, 2.45) is 0 Å². The topological polar surface area (TPSA) is 69.6 Å². The van der Waals surface area contributed by atoms with E-state index >= 15 is 0 Å². The molecule has 1 N–H and O–H groups in total. The number of hydroxylamine groups is 3. The Bertz CT molecular complexity index is 665. The predicted octanol–water partition coefficient (Wildman–Crippen LogP) is 2.57. The van der Waals surface area contributed by atoms with Gasteiger partial charge in [-0.15, -0.1) is 0 Å². The first-order valence-corrected chi connectivity index (χ1v) is 8.52. The van der Waals surface area contributed by atoms with Gasteiger partial charge in [0.15, 0.2) is 0 Å². The minimum atomic E-state index is -1.87. The second kappa shape index (κ2) is 6.96. The average molecular weight is 341 g/mol. The summed E-state index contributed by atoms with van der Waals surface area (Å²) in [4.78, 5) is 12.9. The van der Waals surface area contributed by atoms with Gasteiger partial charge in [-0.25, -0.2) is 4.79 Å². The number of carbonyl (C=O) groups excluding carboxylic acids is 1. The summed E-state index contributed by atoms with van der Waals surface area (Å²) in [6, 6.07) is 17.6. The molecule has 132 valence electrons. The summed E-state index contributed by atoms with van der Waals surface area (Å²) in [6.07, 6.45) is 0.670. The number of aliphatic hydroxyl groups is 1. The molecule has 1 aliphatic rings. The molecule has 0 bridgehead atoms. The summed E-state index contributed by atoms with van der Waals surface area (Å²) in [5.74, 6) is -0.697. The van der Waals surface area contributed by atoms with E-state index in [1.54, 1.807) is 55.6 Å². The highest BCUT2D eigenvalue weighted by molar-refractivity contribution is 5.85. The van der Waals surface area contributed by atoms with Gasteiger partial charge in [0.25, 0.3) is 0 Å². The lowest BCUT2D eigenvalue weighted by atomic mass is 9.86. The largest absolute Gasteiger partial charge is 0.633 e. The molecule has 0 aliphatic carbocycles. The maximum absolute atomic E-state index is 12.9. The van der Waals surface area contributed by atoms with Gasteiger partial charge < -0.3 is 19.7 Å². The molecule has 1 saturated heterocycles. The lowest BCUT2D eigenvalue weighted by Gasteiger charge is -2.44. The quantitative estimate of drug-likeness (QED) is 0.527. The molecular weight excluding hydrogens is 318 g/mol. The Balaban J connectivity index is 1.87. The van der Waals surface area contributed by atoms with Gasteiger partial charge in [0.05, 0.1) is 20.1 Å². The Morgan fingerprint density at radius 2 is 1.48 bits per heavy atom. The molecule has 0 spiro atoms. The lowest BCUT2D eigenvalue weighted by Crippen LogP contribution is -2.48. The Labute approximate surface area is 147 Å². The Morgan fingerprint density at radius 1 is 1.04 bits per heavy atom. The van der Waals surface area contributed by atoms with Crippen molar-refractivity contribution in [3.8, 4) is 0 Å². The summed E-state index contributed by atoms with van der Waals surface area (Å²) in [7, 11) is 1.63. The van der Waals surface area contributed by atoms with Crippen LogP contribution >= 0.6 is 0 Å². The van der Waals surface area contributed by atoms with Gasteiger partial charge in [-0.1, -0.05) is 60.7 Å². The number of hydrogen-bond acceptors (Lipinski definition) is 4. The van der Waals surface area contributed by atoms with Crippen molar-refractivity contribution in [3.05, 3.63) is 77.0 Å². The van der Waals surface area contributed by atoms with Crippen LogP contribution < -0.4 is 0 Å². The van der Waals surface area contributed by atoms with Gasteiger partial charge in [0, 0.05) is 12.8 Å². The van der Waals surface area contributed by atoms with Crippen LogP contribution in [0.4, 0.5) is 0 Å². The molecule has 2 aromatic carbocycles. The van der Waals surface area contributed by atoms with Crippen LogP contribution in [-0.2, 0) is 15.1 Å². The van der Waals surface area contributed by atoms with E-state index in [1.807, 2.05) is 12.1 Å². The fourth-order valence-electron chi connectivity index (χ4n) is 3.21. The summed E-state index contributed by atoms with van der Waals surface area (Å²) in [5, 5.41) is 23.3. The van der Waals surface area contributed by atoms with E-state index in [0.29, 0.717) is 37.1 Å². The van der Waals surface area contributed by atoms with Crippen LogP contribution in [0, 0.1) is 5.21 Å². The van der Waals surface area contributed by atoms with E-state index < -0.39 is 11.6 Å². The van der Waals surface area contributed by atoms with Crippen molar-refractivity contribution in [2.75, 3.05) is 20.1 Å². The molecule has 0 atom stereocenters. The zero-order chi connectivity index (χ0) is 17.9. The van der Waals surface area contributed by atoms with E-state index in [0.717, 1.165) is 0 Å². The van der Waals surface area contributed by atoms with E-state index in [1.165, 1.54) is 0 Å². The third-order valence-corrected chi connectivity index (χ3v) is 4.80. The lowest BCUT2D eigenvalue weighted by molar-refractivity contribution is -0.866. The van der Waals surface area contributed by atoms with E-state index in [9.17, 15) is 15.1 Å². The second-order valence-electron chi connectivity index (χ2n) is 6.79. The van der Waals surface area contributed by atoms with Crippen LogP contribution in [0.1, 0.15) is 24.0 Å².